The van der Waals surface area contributed by atoms with E-state index in [2.05, 4.69) is 37.5 Å². The summed E-state index contributed by atoms with van der Waals surface area (Å²) >= 11 is 0. The predicted octanol–water partition coefficient (Wildman–Crippen LogP) is 4.08. The lowest BCUT2D eigenvalue weighted by Crippen LogP contribution is -2.45. The van der Waals surface area contributed by atoms with E-state index in [-0.39, 0.29) is 5.91 Å². The lowest BCUT2D eigenvalue weighted by atomic mass is 9.69. The van der Waals surface area contributed by atoms with Gasteiger partial charge in [-0.05, 0) is 48.4 Å². The van der Waals surface area contributed by atoms with Gasteiger partial charge in [-0.3, -0.25) is 4.79 Å². The standard InChI is InChI=1S/C20H29N3O/c1-20(2,3)17-6-4-5-7-18(17)22-13-12-19(24)23-16-10-8-15(14-21)9-11-16/h8-11,17-18,22H,4-7,12-13H2,1-3H3,(H,23,24). The van der Waals surface area contributed by atoms with Crippen LogP contribution in [0.2, 0.25) is 0 Å². The van der Waals surface area contributed by atoms with Gasteiger partial charge in [0.2, 0.25) is 5.91 Å². The number of hydrogen-bond donors (Lipinski definition) is 2. The molecule has 1 aromatic rings. The van der Waals surface area contributed by atoms with E-state index in [1.54, 1.807) is 24.3 Å². The molecule has 1 amide bonds. The molecular weight excluding hydrogens is 298 g/mol. The summed E-state index contributed by atoms with van der Waals surface area (Å²) in [5.41, 5.74) is 1.65. The molecule has 0 saturated heterocycles. The number of anilines is 1. The largest absolute Gasteiger partial charge is 0.326 e. The molecule has 2 rings (SSSR count). The third-order valence-electron chi connectivity index (χ3n) is 4.93. The molecule has 0 radical (unpaired) electrons. The van der Waals surface area contributed by atoms with Crippen LogP contribution in [-0.2, 0) is 4.79 Å². The van der Waals surface area contributed by atoms with Crippen molar-refractivity contribution in [2.45, 2.75) is 58.9 Å². The molecule has 4 heteroatoms. The van der Waals surface area contributed by atoms with E-state index in [0.29, 0.717) is 35.9 Å². The van der Waals surface area contributed by atoms with Gasteiger partial charge in [-0.2, -0.15) is 5.26 Å². The number of nitrogens with zero attached hydrogens (tertiary/aromatic N) is 1. The first-order valence-corrected chi connectivity index (χ1v) is 8.93. The first kappa shape index (κ1) is 18.5. The zero-order chi connectivity index (χ0) is 17.6. The monoisotopic (exact) mass is 327 g/mol. The minimum absolute atomic E-state index is 0.00956. The fraction of sp³-hybridized carbons (Fsp3) is 0.600. The van der Waals surface area contributed by atoms with Crippen LogP contribution in [0.3, 0.4) is 0 Å². The Hall–Kier alpha value is -1.86. The Bertz CT molecular complexity index is 580. The Kier molecular flexibility index (Phi) is 6.39. The van der Waals surface area contributed by atoms with Crippen molar-refractivity contribution >= 4 is 11.6 Å². The van der Waals surface area contributed by atoms with Crippen LogP contribution in [0.15, 0.2) is 24.3 Å². The second-order valence-electron chi connectivity index (χ2n) is 7.80. The van der Waals surface area contributed by atoms with Crippen LogP contribution in [0.1, 0.15) is 58.4 Å². The summed E-state index contributed by atoms with van der Waals surface area (Å²) < 4.78 is 0. The van der Waals surface area contributed by atoms with E-state index in [4.69, 9.17) is 5.26 Å². The van der Waals surface area contributed by atoms with E-state index in [0.717, 1.165) is 5.69 Å². The van der Waals surface area contributed by atoms with Gasteiger partial charge in [-0.25, -0.2) is 0 Å². The lowest BCUT2D eigenvalue weighted by molar-refractivity contribution is -0.116. The summed E-state index contributed by atoms with van der Waals surface area (Å²) in [7, 11) is 0. The molecule has 1 aliphatic carbocycles. The third kappa shape index (κ3) is 5.35. The van der Waals surface area contributed by atoms with Crippen LogP contribution in [-0.4, -0.2) is 18.5 Å². The summed E-state index contributed by atoms with van der Waals surface area (Å²) in [5, 5.41) is 15.3. The molecule has 2 unspecified atom stereocenters. The van der Waals surface area contributed by atoms with E-state index in [9.17, 15) is 4.79 Å². The Labute approximate surface area is 145 Å². The highest BCUT2D eigenvalue weighted by Crippen LogP contribution is 2.37. The quantitative estimate of drug-likeness (QED) is 0.856. The van der Waals surface area contributed by atoms with E-state index in [1.165, 1.54) is 25.7 Å². The predicted molar refractivity (Wildman–Crippen MR) is 97.6 cm³/mol. The number of benzene rings is 1. The topological polar surface area (TPSA) is 64.9 Å². The van der Waals surface area contributed by atoms with Gasteiger partial charge in [0.1, 0.15) is 0 Å². The van der Waals surface area contributed by atoms with Gasteiger partial charge in [0, 0.05) is 24.7 Å². The van der Waals surface area contributed by atoms with Crippen LogP contribution >= 0.6 is 0 Å². The summed E-state index contributed by atoms with van der Waals surface area (Å²) in [6, 6.07) is 9.54. The Balaban J connectivity index is 1.78. The highest BCUT2D eigenvalue weighted by atomic mass is 16.1. The van der Waals surface area contributed by atoms with Crippen molar-refractivity contribution in [3.63, 3.8) is 0 Å². The molecule has 2 atom stereocenters. The van der Waals surface area contributed by atoms with Crippen LogP contribution in [0, 0.1) is 22.7 Å². The molecule has 4 nitrogen and oxygen atoms in total. The first-order valence-electron chi connectivity index (χ1n) is 8.93. The van der Waals surface area contributed by atoms with E-state index >= 15 is 0 Å². The van der Waals surface area contributed by atoms with Crippen LogP contribution in [0.25, 0.3) is 0 Å². The molecule has 0 heterocycles. The van der Waals surface area contributed by atoms with Crippen LogP contribution in [0.5, 0.6) is 0 Å². The summed E-state index contributed by atoms with van der Waals surface area (Å²) in [4.78, 5) is 12.1. The Morgan fingerprint density at radius 3 is 2.50 bits per heavy atom. The lowest BCUT2D eigenvalue weighted by Gasteiger charge is -2.41. The molecule has 1 aliphatic rings. The third-order valence-corrected chi connectivity index (χ3v) is 4.93. The number of nitrogens with one attached hydrogen (secondary N) is 2. The smallest absolute Gasteiger partial charge is 0.225 e. The molecule has 0 spiro atoms. The summed E-state index contributed by atoms with van der Waals surface area (Å²) in [5.74, 6) is 0.683. The zero-order valence-corrected chi connectivity index (χ0v) is 15.1. The highest BCUT2D eigenvalue weighted by molar-refractivity contribution is 5.90. The fourth-order valence-electron chi connectivity index (χ4n) is 3.63. The van der Waals surface area contributed by atoms with Crippen molar-refractivity contribution in [2.24, 2.45) is 11.3 Å². The molecule has 1 fully saturated rings. The molecule has 0 bridgehead atoms. The van der Waals surface area contributed by atoms with Crippen LogP contribution in [0.4, 0.5) is 5.69 Å². The highest BCUT2D eigenvalue weighted by Gasteiger charge is 2.33. The average Bonchev–Trinajstić information content (AvgIpc) is 2.55. The number of rotatable bonds is 5. The van der Waals surface area contributed by atoms with Crippen molar-refractivity contribution in [3.8, 4) is 6.07 Å². The molecule has 0 aliphatic heterocycles. The van der Waals surface area contributed by atoms with Crippen LogP contribution < -0.4 is 10.6 Å². The second kappa shape index (κ2) is 8.30. The molecule has 0 aromatic heterocycles. The molecule has 130 valence electrons. The van der Waals surface area contributed by atoms with E-state index in [1.807, 2.05) is 0 Å². The fourth-order valence-corrected chi connectivity index (χ4v) is 3.63. The van der Waals surface area contributed by atoms with Crippen molar-refractivity contribution in [2.75, 3.05) is 11.9 Å². The average molecular weight is 327 g/mol. The normalized spacial score (nSPS) is 21.1. The number of nitriles is 1. The van der Waals surface area contributed by atoms with Crippen molar-refractivity contribution in [3.05, 3.63) is 29.8 Å². The maximum atomic E-state index is 12.1. The Morgan fingerprint density at radius 2 is 1.88 bits per heavy atom. The summed E-state index contributed by atoms with van der Waals surface area (Å²) in [6.45, 7) is 7.65. The molecule has 1 aromatic carbocycles. The van der Waals surface area contributed by atoms with Crippen molar-refractivity contribution < 1.29 is 4.79 Å². The number of amides is 1. The van der Waals surface area contributed by atoms with Gasteiger partial charge in [0.25, 0.3) is 0 Å². The Morgan fingerprint density at radius 1 is 1.21 bits per heavy atom. The van der Waals surface area contributed by atoms with Gasteiger partial charge in [-0.15, -0.1) is 0 Å². The van der Waals surface area contributed by atoms with Crippen molar-refractivity contribution in [1.82, 2.24) is 5.32 Å². The van der Waals surface area contributed by atoms with E-state index < -0.39 is 0 Å². The van der Waals surface area contributed by atoms with Gasteiger partial charge in [-0.1, -0.05) is 33.6 Å². The van der Waals surface area contributed by atoms with Crippen molar-refractivity contribution in [1.29, 1.82) is 5.26 Å². The summed E-state index contributed by atoms with van der Waals surface area (Å²) in [6.07, 6.45) is 5.55. The number of carbonyl (C=O) groups is 1. The number of carbonyl (C=O) groups excluding carboxylic acids is 1. The van der Waals surface area contributed by atoms with Gasteiger partial charge in [0.15, 0.2) is 0 Å². The molecule has 24 heavy (non-hydrogen) atoms. The molecule has 1 saturated carbocycles. The zero-order valence-electron chi connectivity index (χ0n) is 15.1. The maximum Gasteiger partial charge on any atom is 0.225 e. The minimum atomic E-state index is 0.00956. The second-order valence-corrected chi connectivity index (χ2v) is 7.80. The number of hydrogen-bond acceptors (Lipinski definition) is 3. The van der Waals surface area contributed by atoms with Gasteiger partial charge in [0.05, 0.1) is 11.6 Å². The maximum absolute atomic E-state index is 12.1. The minimum Gasteiger partial charge on any atom is -0.326 e. The SMILES string of the molecule is CC(C)(C)C1CCCCC1NCCC(=O)Nc1ccc(C#N)cc1. The molecule has 2 N–H and O–H groups in total. The van der Waals surface area contributed by atoms with Gasteiger partial charge >= 0.3 is 0 Å². The first-order chi connectivity index (χ1) is 11.4. The molecular formula is C20H29N3O. The van der Waals surface area contributed by atoms with Gasteiger partial charge < -0.3 is 10.6 Å².